The first-order chi connectivity index (χ1) is 19.7. The smallest absolute Gasteiger partial charge is 0.338 e. The molecule has 1 fully saturated rings. The maximum atomic E-state index is 12.6. The summed E-state index contributed by atoms with van der Waals surface area (Å²) in [5.41, 5.74) is 2.68. The number of methoxy groups -OCH3 is 1. The van der Waals surface area contributed by atoms with Gasteiger partial charge >= 0.3 is 18.0 Å². The van der Waals surface area contributed by atoms with Crippen molar-refractivity contribution < 1.29 is 29.3 Å². The first-order valence-corrected chi connectivity index (χ1v) is 14.0. The predicted octanol–water partition coefficient (Wildman–Crippen LogP) is 4.73. The third kappa shape index (κ3) is 7.32. The number of aryl methyl sites for hydroxylation is 2. The molecule has 2 amide bonds. The molecule has 0 radical (unpaired) electrons. The number of rotatable bonds is 10. The van der Waals surface area contributed by atoms with Crippen molar-refractivity contribution in [2.24, 2.45) is 0 Å². The number of urea groups is 1. The first kappa shape index (κ1) is 29.8. The van der Waals surface area contributed by atoms with E-state index in [1.807, 2.05) is 12.1 Å². The minimum Gasteiger partial charge on any atom is -0.497 e. The third-order valence-corrected chi connectivity index (χ3v) is 7.75. The molecule has 218 valence electrons. The van der Waals surface area contributed by atoms with E-state index in [4.69, 9.17) is 4.74 Å². The lowest BCUT2D eigenvalue weighted by molar-refractivity contribution is 0.0695. The van der Waals surface area contributed by atoms with Crippen LogP contribution >= 0.6 is 0 Å². The number of carbonyl (C=O) groups is 3. The van der Waals surface area contributed by atoms with Gasteiger partial charge in [0.15, 0.2) is 0 Å². The molecule has 0 spiro atoms. The molecule has 2 heterocycles. The van der Waals surface area contributed by atoms with Gasteiger partial charge in [-0.2, -0.15) is 0 Å². The van der Waals surface area contributed by atoms with E-state index in [-0.39, 0.29) is 34.1 Å². The lowest BCUT2D eigenvalue weighted by Gasteiger charge is -2.32. The van der Waals surface area contributed by atoms with Crippen molar-refractivity contribution in [2.75, 3.05) is 33.3 Å². The molecule has 2 aliphatic rings. The van der Waals surface area contributed by atoms with Crippen molar-refractivity contribution in [3.63, 3.8) is 0 Å². The quantitative estimate of drug-likeness (QED) is 0.305. The maximum absolute atomic E-state index is 12.6. The van der Waals surface area contributed by atoms with Gasteiger partial charge in [0.25, 0.3) is 0 Å². The number of likely N-dealkylation sites (tertiary alicyclic amines) is 1. The number of nitrogens with one attached hydrogen (secondary N) is 2. The van der Waals surface area contributed by atoms with Crippen LogP contribution in [0.3, 0.4) is 0 Å². The molecular weight excluding hydrogens is 524 g/mol. The SMILES string of the molecule is COc1cccc(C2CCN(CCCNC(=O)NC3=CC(c4c(C(=O)O)c(C)nc(C)c4C(=O)O)=CCC3)CC2)c1. The number of carboxylic acid groups (broad SMARTS) is 2. The summed E-state index contributed by atoms with van der Waals surface area (Å²) in [5, 5.41) is 25.4. The number of piperidine rings is 1. The third-order valence-electron chi connectivity index (χ3n) is 7.75. The van der Waals surface area contributed by atoms with Crippen molar-refractivity contribution in [1.82, 2.24) is 20.5 Å². The van der Waals surface area contributed by atoms with Gasteiger partial charge in [0.2, 0.25) is 0 Å². The topological polar surface area (TPSA) is 141 Å². The molecule has 1 saturated heterocycles. The van der Waals surface area contributed by atoms with Crippen molar-refractivity contribution in [2.45, 2.75) is 51.9 Å². The van der Waals surface area contributed by atoms with Gasteiger partial charge < -0.3 is 30.5 Å². The Morgan fingerprint density at radius 2 is 1.76 bits per heavy atom. The summed E-state index contributed by atoms with van der Waals surface area (Å²) in [5.74, 6) is -1.07. The first-order valence-electron chi connectivity index (χ1n) is 14.0. The zero-order chi connectivity index (χ0) is 29.5. The van der Waals surface area contributed by atoms with E-state index in [1.165, 1.54) is 5.56 Å². The standard InChI is InChI=1S/C31H38N4O6/c1-19-26(29(36)37)28(27(30(38)39)20(2)33-19)23-8-4-9-24(17-23)34-31(40)32-13-6-14-35-15-11-21(12-16-35)22-7-5-10-25(18-22)41-3/h5,7-8,10,17-18,21H,4,6,9,11-16H2,1-3H3,(H,36,37)(H,38,39)(H2,32,34,40). The number of benzene rings is 1. The summed E-state index contributed by atoms with van der Waals surface area (Å²) in [6, 6.07) is 7.96. The van der Waals surface area contributed by atoms with Crippen LogP contribution in [0.15, 0.2) is 42.1 Å². The number of allylic oxidation sites excluding steroid dienone is 4. The van der Waals surface area contributed by atoms with Crippen LogP contribution in [-0.2, 0) is 0 Å². The number of carboxylic acids is 2. The normalized spacial score (nSPS) is 16.0. The van der Waals surface area contributed by atoms with E-state index < -0.39 is 11.9 Å². The van der Waals surface area contributed by atoms with Crippen LogP contribution in [0.25, 0.3) is 5.57 Å². The molecule has 10 nitrogen and oxygen atoms in total. The fraction of sp³-hybridized carbons (Fsp3) is 0.419. The summed E-state index contributed by atoms with van der Waals surface area (Å²) in [7, 11) is 1.69. The van der Waals surface area contributed by atoms with Crippen LogP contribution in [-0.4, -0.2) is 71.4 Å². The monoisotopic (exact) mass is 562 g/mol. The fourth-order valence-corrected chi connectivity index (χ4v) is 5.72. The molecule has 0 bridgehead atoms. The van der Waals surface area contributed by atoms with Gasteiger partial charge in [-0.3, -0.25) is 4.98 Å². The Morgan fingerprint density at radius 3 is 2.39 bits per heavy atom. The molecule has 4 N–H and O–H groups in total. The van der Waals surface area contributed by atoms with Crippen molar-refractivity contribution in [1.29, 1.82) is 0 Å². The molecule has 4 rings (SSSR count). The van der Waals surface area contributed by atoms with E-state index in [0.717, 1.165) is 44.6 Å². The average Bonchev–Trinajstić information content (AvgIpc) is 2.95. The number of aromatic nitrogens is 1. The minimum atomic E-state index is -1.25. The van der Waals surface area contributed by atoms with Gasteiger partial charge in [0, 0.05) is 17.8 Å². The highest BCUT2D eigenvalue weighted by molar-refractivity contribution is 6.05. The Morgan fingerprint density at radius 1 is 1.07 bits per heavy atom. The van der Waals surface area contributed by atoms with Gasteiger partial charge in [-0.25, -0.2) is 14.4 Å². The van der Waals surface area contributed by atoms with E-state index >= 15 is 0 Å². The highest BCUT2D eigenvalue weighted by atomic mass is 16.5. The fourth-order valence-electron chi connectivity index (χ4n) is 5.72. The van der Waals surface area contributed by atoms with Crippen molar-refractivity contribution in [3.05, 3.63) is 75.8 Å². The van der Waals surface area contributed by atoms with Crippen molar-refractivity contribution >= 4 is 23.5 Å². The summed E-state index contributed by atoms with van der Waals surface area (Å²) < 4.78 is 5.36. The number of carbonyl (C=O) groups excluding carboxylic acids is 1. The molecule has 1 aromatic carbocycles. The van der Waals surface area contributed by atoms with Crippen LogP contribution in [0.2, 0.25) is 0 Å². The number of amides is 2. The second kappa shape index (κ2) is 13.5. The molecular formula is C31H38N4O6. The Bertz CT molecular complexity index is 1340. The second-order valence-electron chi connectivity index (χ2n) is 10.5. The number of nitrogens with zero attached hydrogens (tertiary/aromatic N) is 2. The molecule has 10 heteroatoms. The van der Waals surface area contributed by atoms with Gasteiger partial charge in [-0.15, -0.1) is 0 Å². The van der Waals surface area contributed by atoms with Crippen LogP contribution in [0, 0.1) is 13.8 Å². The highest BCUT2D eigenvalue weighted by Crippen LogP contribution is 2.33. The largest absolute Gasteiger partial charge is 0.497 e. The van der Waals surface area contributed by atoms with Gasteiger partial charge in [-0.05, 0) is 101 Å². The number of hydrogen-bond acceptors (Lipinski definition) is 6. The molecule has 1 aliphatic carbocycles. The van der Waals surface area contributed by atoms with E-state index in [1.54, 1.807) is 33.1 Å². The van der Waals surface area contributed by atoms with Gasteiger partial charge in [-0.1, -0.05) is 18.2 Å². The summed E-state index contributed by atoms with van der Waals surface area (Å²) in [6.45, 7) is 6.55. The summed E-state index contributed by atoms with van der Waals surface area (Å²) >= 11 is 0. The van der Waals surface area contributed by atoms with Crippen LogP contribution in [0.4, 0.5) is 4.79 Å². The van der Waals surface area contributed by atoms with Crippen molar-refractivity contribution in [3.8, 4) is 5.75 Å². The Kier molecular flexibility index (Phi) is 9.78. The molecule has 0 unspecified atom stereocenters. The summed E-state index contributed by atoms with van der Waals surface area (Å²) in [6.07, 6.45) is 7.54. The lowest BCUT2D eigenvalue weighted by Crippen LogP contribution is -2.38. The Labute approximate surface area is 240 Å². The lowest BCUT2D eigenvalue weighted by atomic mass is 9.89. The Balaban J connectivity index is 1.29. The maximum Gasteiger partial charge on any atom is 0.338 e. The van der Waals surface area contributed by atoms with Gasteiger partial charge in [0.05, 0.1) is 29.6 Å². The number of pyridine rings is 1. The molecule has 0 saturated carbocycles. The Hall–Kier alpha value is -4.18. The molecule has 0 atom stereocenters. The molecule has 1 aliphatic heterocycles. The summed E-state index contributed by atoms with van der Waals surface area (Å²) in [4.78, 5) is 43.2. The number of ether oxygens (including phenoxy) is 1. The van der Waals surface area contributed by atoms with Crippen LogP contribution in [0.1, 0.15) is 81.3 Å². The van der Waals surface area contributed by atoms with Gasteiger partial charge in [0.1, 0.15) is 5.75 Å². The minimum absolute atomic E-state index is 0.115. The van der Waals surface area contributed by atoms with E-state index in [9.17, 15) is 24.6 Å². The number of hydrogen-bond donors (Lipinski definition) is 4. The molecule has 2 aromatic rings. The number of aromatic carboxylic acids is 2. The predicted molar refractivity (Wildman–Crippen MR) is 155 cm³/mol. The van der Waals surface area contributed by atoms with E-state index in [0.29, 0.717) is 36.6 Å². The second-order valence-corrected chi connectivity index (χ2v) is 10.5. The zero-order valence-corrected chi connectivity index (χ0v) is 23.8. The molecule has 41 heavy (non-hydrogen) atoms. The zero-order valence-electron chi connectivity index (χ0n) is 23.8. The van der Waals surface area contributed by atoms with Crippen LogP contribution < -0.4 is 15.4 Å². The van der Waals surface area contributed by atoms with Crippen LogP contribution in [0.5, 0.6) is 5.75 Å². The molecule has 1 aromatic heterocycles. The highest BCUT2D eigenvalue weighted by Gasteiger charge is 2.27. The van der Waals surface area contributed by atoms with E-state index in [2.05, 4.69) is 32.7 Å². The average molecular weight is 563 g/mol.